The zero-order valence-corrected chi connectivity index (χ0v) is 18.2. The van der Waals surface area contributed by atoms with Gasteiger partial charge in [-0.25, -0.2) is 14.6 Å². The molecule has 1 atom stereocenters. The first kappa shape index (κ1) is 20.2. The summed E-state index contributed by atoms with van der Waals surface area (Å²) in [5.41, 5.74) is 2.21. The van der Waals surface area contributed by atoms with Crippen LogP contribution in [-0.2, 0) is 7.05 Å². The van der Waals surface area contributed by atoms with Gasteiger partial charge in [0.05, 0.1) is 24.9 Å². The molecule has 164 valence electrons. The molecule has 1 aliphatic carbocycles. The van der Waals surface area contributed by atoms with Crippen molar-refractivity contribution in [1.82, 2.24) is 29.6 Å². The van der Waals surface area contributed by atoms with Crippen molar-refractivity contribution in [3.8, 4) is 5.75 Å². The molecule has 4 aromatic rings. The Kier molecular flexibility index (Phi) is 5.34. The second kappa shape index (κ2) is 8.45. The summed E-state index contributed by atoms with van der Waals surface area (Å²) in [4.78, 5) is 22.3. The number of benzene rings is 1. The largest absolute Gasteiger partial charge is 0.497 e. The maximum Gasteiger partial charge on any atom is 0.253 e. The van der Waals surface area contributed by atoms with E-state index in [2.05, 4.69) is 20.4 Å². The molecule has 3 aromatic heterocycles. The Balaban J connectivity index is 1.45. The van der Waals surface area contributed by atoms with E-state index < -0.39 is 6.04 Å². The van der Waals surface area contributed by atoms with Crippen LogP contribution >= 0.6 is 0 Å². The lowest BCUT2D eigenvalue weighted by molar-refractivity contribution is 0.0941. The van der Waals surface area contributed by atoms with Gasteiger partial charge in [-0.15, -0.1) is 0 Å². The summed E-state index contributed by atoms with van der Waals surface area (Å²) in [6, 6.07) is 9.47. The molecular formula is C24H26N6O2. The van der Waals surface area contributed by atoms with Crippen molar-refractivity contribution in [1.29, 1.82) is 0 Å². The van der Waals surface area contributed by atoms with Gasteiger partial charge in [0.2, 0.25) is 0 Å². The van der Waals surface area contributed by atoms with Crippen molar-refractivity contribution in [2.24, 2.45) is 7.05 Å². The minimum atomic E-state index is -0.436. The molecule has 0 saturated heterocycles. The molecule has 1 unspecified atom stereocenters. The number of hydrogen-bond acceptors (Lipinski definition) is 5. The average molecular weight is 431 g/mol. The highest BCUT2D eigenvalue weighted by Gasteiger charge is 2.24. The predicted molar refractivity (Wildman–Crippen MR) is 121 cm³/mol. The van der Waals surface area contributed by atoms with Crippen LogP contribution in [0.4, 0.5) is 0 Å². The molecule has 0 spiro atoms. The highest BCUT2D eigenvalue weighted by molar-refractivity contribution is 5.97. The molecule has 1 saturated carbocycles. The fourth-order valence-corrected chi connectivity index (χ4v) is 4.47. The van der Waals surface area contributed by atoms with E-state index in [4.69, 9.17) is 4.74 Å². The topological polar surface area (TPSA) is 86.9 Å². The normalized spacial score (nSPS) is 15.2. The Labute approximate surface area is 186 Å². The number of rotatable bonds is 6. The van der Waals surface area contributed by atoms with Gasteiger partial charge in [0.15, 0.2) is 5.65 Å². The molecule has 8 heteroatoms. The number of nitrogens with one attached hydrogen (secondary N) is 1. The predicted octanol–water partition coefficient (Wildman–Crippen LogP) is 3.81. The Morgan fingerprint density at radius 1 is 1.19 bits per heavy atom. The summed E-state index contributed by atoms with van der Waals surface area (Å²) in [7, 11) is 3.53. The zero-order chi connectivity index (χ0) is 22.1. The zero-order valence-electron chi connectivity index (χ0n) is 18.2. The molecule has 1 amide bonds. The van der Waals surface area contributed by atoms with Crippen LogP contribution in [0.25, 0.3) is 11.0 Å². The van der Waals surface area contributed by atoms with Crippen LogP contribution in [0, 0.1) is 0 Å². The van der Waals surface area contributed by atoms with E-state index in [1.807, 2.05) is 52.8 Å². The first-order valence-electron chi connectivity index (χ1n) is 10.9. The molecule has 0 aliphatic heterocycles. The second-order valence-electron chi connectivity index (χ2n) is 8.24. The number of pyridine rings is 1. The van der Waals surface area contributed by atoms with Crippen LogP contribution in [0.2, 0.25) is 0 Å². The summed E-state index contributed by atoms with van der Waals surface area (Å²) in [5.74, 6) is 1.23. The minimum Gasteiger partial charge on any atom is -0.497 e. The maximum absolute atomic E-state index is 13.2. The highest BCUT2D eigenvalue weighted by Crippen LogP contribution is 2.31. The van der Waals surface area contributed by atoms with Crippen molar-refractivity contribution < 1.29 is 9.53 Å². The maximum atomic E-state index is 13.2. The van der Waals surface area contributed by atoms with Gasteiger partial charge in [0, 0.05) is 31.0 Å². The fourth-order valence-electron chi connectivity index (χ4n) is 4.47. The van der Waals surface area contributed by atoms with E-state index in [1.165, 1.54) is 12.8 Å². The summed E-state index contributed by atoms with van der Waals surface area (Å²) >= 11 is 0. The van der Waals surface area contributed by atoms with E-state index in [-0.39, 0.29) is 5.91 Å². The van der Waals surface area contributed by atoms with Crippen molar-refractivity contribution in [2.75, 3.05) is 7.11 Å². The monoisotopic (exact) mass is 430 g/mol. The molecule has 0 radical (unpaired) electrons. The second-order valence-corrected chi connectivity index (χ2v) is 8.24. The summed E-state index contributed by atoms with van der Waals surface area (Å²) in [5, 5.41) is 8.55. The summed E-state index contributed by atoms with van der Waals surface area (Å²) < 4.78 is 9.29. The first-order chi connectivity index (χ1) is 15.6. The van der Waals surface area contributed by atoms with Gasteiger partial charge in [0.1, 0.15) is 17.6 Å². The molecule has 32 heavy (non-hydrogen) atoms. The third-order valence-electron chi connectivity index (χ3n) is 6.19. The van der Waals surface area contributed by atoms with Crippen LogP contribution in [0.15, 0.2) is 55.1 Å². The van der Waals surface area contributed by atoms with Crippen molar-refractivity contribution in [2.45, 2.75) is 37.8 Å². The summed E-state index contributed by atoms with van der Waals surface area (Å²) in [6.07, 6.45) is 11.7. The molecule has 1 fully saturated rings. The van der Waals surface area contributed by atoms with Gasteiger partial charge in [-0.05, 0) is 36.6 Å². The highest BCUT2D eigenvalue weighted by atomic mass is 16.5. The third-order valence-corrected chi connectivity index (χ3v) is 6.19. The van der Waals surface area contributed by atoms with Gasteiger partial charge in [0.25, 0.3) is 5.91 Å². The molecule has 3 heterocycles. The average Bonchev–Trinajstić information content (AvgIpc) is 3.57. The molecule has 5 rings (SSSR count). The van der Waals surface area contributed by atoms with Gasteiger partial charge in [-0.1, -0.05) is 25.0 Å². The van der Waals surface area contributed by atoms with Crippen molar-refractivity contribution in [3.05, 3.63) is 72.1 Å². The number of hydrogen-bond donors (Lipinski definition) is 1. The number of nitrogens with zero attached hydrogens (tertiary/aromatic N) is 5. The van der Waals surface area contributed by atoms with E-state index in [0.717, 1.165) is 41.0 Å². The number of carbonyl (C=O) groups excluding carboxylic acids is 1. The Hall–Kier alpha value is -3.68. The van der Waals surface area contributed by atoms with Gasteiger partial charge in [-0.2, -0.15) is 5.10 Å². The Bertz CT molecular complexity index is 1250. The van der Waals surface area contributed by atoms with E-state index in [9.17, 15) is 4.79 Å². The first-order valence-corrected chi connectivity index (χ1v) is 10.9. The molecule has 8 nitrogen and oxygen atoms in total. The molecule has 1 aliphatic rings. The smallest absolute Gasteiger partial charge is 0.253 e. The Morgan fingerprint density at radius 2 is 2.03 bits per heavy atom. The van der Waals surface area contributed by atoms with Gasteiger partial charge in [-0.3, -0.25) is 4.79 Å². The number of imidazole rings is 1. The van der Waals surface area contributed by atoms with Crippen LogP contribution in [-0.4, -0.2) is 37.3 Å². The van der Waals surface area contributed by atoms with Crippen molar-refractivity contribution in [3.63, 3.8) is 0 Å². The molecule has 0 bridgehead atoms. The number of carbonyl (C=O) groups is 1. The minimum absolute atomic E-state index is 0.219. The van der Waals surface area contributed by atoms with E-state index in [1.54, 1.807) is 25.7 Å². The Morgan fingerprint density at radius 3 is 2.78 bits per heavy atom. The number of aromatic nitrogens is 5. The van der Waals surface area contributed by atoms with Crippen LogP contribution in [0.1, 0.15) is 59.5 Å². The number of amides is 1. The number of aryl methyl sites for hydroxylation is 1. The lowest BCUT2D eigenvalue weighted by Gasteiger charge is -2.20. The molecule has 1 aromatic carbocycles. The number of methoxy groups -OCH3 is 1. The molecular weight excluding hydrogens is 404 g/mol. The van der Waals surface area contributed by atoms with Gasteiger partial charge < -0.3 is 14.6 Å². The SMILES string of the molecule is COc1cccc(C(NC(=O)c2cnc3c(cnn3C3CCCC3)c2)c2nccn2C)c1. The van der Waals surface area contributed by atoms with E-state index >= 15 is 0 Å². The fraction of sp³-hybridized carbons (Fsp3) is 0.333. The quantitative estimate of drug-likeness (QED) is 0.503. The van der Waals surface area contributed by atoms with Crippen LogP contribution in [0.5, 0.6) is 5.75 Å². The van der Waals surface area contributed by atoms with Crippen molar-refractivity contribution >= 4 is 16.9 Å². The lowest BCUT2D eigenvalue weighted by atomic mass is 10.0. The van der Waals surface area contributed by atoms with Crippen LogP contribution in [0.3, 0.4) is 0 Å². The number of ether oxygens (including phenoxy) is 1. The lowest BCUT2D eigenvalue weighted by Crippen LogP contribution is -2.31. The van der Waals surface area contributed by atoms with Gasteiger partial charge >= 0.3 is 0 Å². The van der Waals surface area contributed by atoms with E-state index in [0.29, 0.717) is 11.6 Å². The standard InChI is InChI=1S/C24H26N6O2/c1-29-11-10-25-23(29)21(16-6-5-9-20(13-16)32-2)28-24(31)18-12-17-15-27-30(22(17)26-14-18)19-7-3-4-8-19/h5-6,9-15,19,21H,3-4,7-8H2,1-2H3,(H,28,31). The third kappa shape index (κ3) is 3.72. The molecule has 1 N–H and O–H groups in total. The summed E-state index contributed by atoms with van der Waals surface area (Å²) in [6.45, 7) is 0. The number of fused-ring (bicyclic) bond motifs is 1. The van der Waals surface area contributed by atoms with Crippen LogP contribution < -0.4 is 10.1 Å².